The summed E-state index contributed by atoms with van der Waals surface area (Å²) in [7, 11) is 1.39. The normalized spacial score (nSPS) is 14.2. The zero-order chi connectivity index (χ0) is 19.9. The third-order valence-electron chi connectivity index (χ3n) is 4.93. The summed E-state index contributed by atoms with van der Waals surface area (Å²) in [5.74, 6) is 0.151. The number of nitrogens with zero attached hydrogens (tertiary/aromatic N) is 2. The minimum atomic E-state index is -0.208. The van der Waals surface area contributed by atoms with E-state index < -0.39 is 0 Å². The number of benzene rings is 2. The highest BCUT2D eigenvalue weighted by atomic mass is 16.5. The minimum absolute atomic E-state index is 0.0776. The predicted molar refractivity (Wildman–Crippen MR) is 103 cm³/mol. The fraction of sp³-hybridized carbons (Fsp3) is 0.318. The van der Waals surface area contributed by atoms with Gasteiger partial charge in [-0.1, -0.05) is 24.3 Å². The van der Waals surface area contributed by atoms with Crippen molar-refractivity contribution in [2.45, 2.75) is 19.4 Å². The van der Waals surface area contributed by atoms with Gasteiger partial charge in [-0.15, -0.1) is 0 Å². The Morgan fingerprint density at radius 1 is 1.14 bits per heavy atom. The van der Waals surface area contributed by atoms with Gasteiger partial charge in [-0.25, -0.2) is 0 Å². The van der Waals surface area contributed by atoms with Gasteiger partial charge in [0.25, 0.3) is 5.91 Å². The number of carbonyl (C=O) groups is 2. The summed E-state index contributed by atoms with van der Waals surface area (Å²) in [5, 5.41) is 9.16. The van der Waals surface area contributed by atoms with Gasteiger partial charge < -0.3 is 14.4 Å². The van der Waals surface area contributed by atoms with Crippen molar-refractivity contribution in [3.05, 3.63) is 65.2 Å². The third kappa shape index (κ3) is 4.49. The van der Waals surface area contributed by atoms with Crippen LogP contribution in [0.4, 0.5) is 0 Å². The molecule has 0 atom stereocenters. The van der Waals surface area contributed by atoms with Gasteiger partial charge in [0.1, 0.15) is 12.4 Å². The van der Waals surface area contributed by atoms with Crippen LogP contribution in [0.1, 0.15) is 34.3 Å². The van der Waals surface area contributed by atoms with Crippen LogP contribution < -0.4 is 4.74 Å². The molecule has 0 N–H and O–H groups in total. The molecular weight excluding hydrogens is 356 g/mol. The lowest BCUT2D eigenvalue weighted by molar-refractivity contribution is -0.146. The first kappa shape index (κ1) is 19.4. The van der Waals surface area contributed by atoms with Crippen LogP contribution in [0.2, 0.25) is 0 Å². The van der Waals surface area contributed by atoms with E-state index in [2.05, 4.69) is 6.07 Å². The first-order chi connectivity index (χ1) is 13.6. The van der Waals surface area contributed by atoms with Gasteiger partial charge >= 0.3 is 5.97 Å². The van der Waals surface area contributed by atoms with Crippen molar-refractivity contribution in [3.63, 3.8) is 0 Å². The molecule has 1 fully saturated rings. The Morgan fingerprint density at radius 3 is 2.61 bits per heavy atom. The van der Waals surface area contributed by atoms with Crippen LogP contribution in [-0.2, 0) is 16.1 Å². The lowest BCUT2D eigenvalue weighted by Crippen LogP contribution is -2.40. The highest BCUT2D eigenvalue weighted by Crippen LogP contribution is 2.22. The van der Waals surface area contributed by atoms with Crippen LogP contribution in [0.5, 0.6) is 5.75 Å². The van der Waals surface area contributed by atoms with Gasteiger partial charge in [0.2, 0.25) is 0 Å². The lowest BCUT2D eigenvalue weighted by atomic mass is 9.96. The maximum atomic E-state index is 12.8. The highest BCUT2D eigenvalue weighted by molar-refractivity contribution is 5.94. The van der Waals surface area contributed by atoms with Gasteiger partial charge in [-0.2, -0.15) is 5.26 Å². The third-order valence-corrected chi connectivity index (χ3v) is 4.93. The molecule has 6 nitrogen and oxygen atoms in total. The van der Waals surface area contributed by atoms with E-state index in [1.165, 1.54) is 7.11 Å². The first-order valence-electron chi connectivity index (χ1n) is 9.20. The van der Waals surface area contributed by atoms with E-state index >= 15 is 0 Å². The molecule has 28 heavy (non-hydrogen) atoms. The number of hydrogen-bond donors (Lipinski definition) is 0. The zero-order valence-electron chi connectivity index (χ0n) is 15.8. The number of nitriles is 1. The Labute approximate surface area is 164 Å². The number of piperidine rings is 1. The van der Waals surface area contributed by atoms with Gasteiger partial charge in [0, 0.05) is 24.2 Å². The predicted octanol–water partition coefficient (Wildman–Crippen LogP) is 3.16. The molecule has 1 heterocycles. The largest absolute Gasteiger partial charge is 0.489 e. The van der Waals surface area contributed by atoms with E-state index in [9.17, 15) is 9.59 Å². The molecule has 2 aromatic rings. The smallest absolute Gasteiger partial charge is 0.308 e. The van der Waals surface area contributed by atoms with E-state index in [-0.39, 0.29) is 24.4 Å². The van der Waals surface area contributed by atoms with Crippen LogP contribution in [0.3, 0.4) is 0 Å². The number of rotatable bonds is 5. The molecule has 1 aliphatic rings. The molecule has 0 unspecified atom stereocenters. The fourth-order valence-electron chi connectivity index (χ4n) is 3.30. The highest BCUT2D eigenvalue weighted by Gasteiger charge is 2.28. The number of carbonyl (C=O) groups excluding carboxylic acids is 2. The lowest BCUT2D eigenvalue weighted by Gasteiger charge is -2.30. The molecule has 0 aromatic heterocycles. The van der Waals surface area contributed by atoms with Crippen molar-refractivity contribution in [1.29, 1.82) is 5.26 Å². The Balaban J connectivity index is 1.62. The second-order valence-electron chi connectivity index (χ2n) is 6.68. The molecule has 1 aliphatic heterocycles. The van der Waals surface area contributed by atoms with Crippen LogP contribution in [0, 0.1) is 17.2 Å². The Hall–Kier alpha value is -3.33. The molecule has 144 valence electrons. The van der Waals surface area contributed by atoms with Crippen molar-refractivity contribution in [2.75, 3.05) is 20.2 Å². The van der Waals surface area contributed by atoms with E-state index in [0.29, 0.717) is 42.8 Å². The van der Waals surface area contributed by atoms with Gasteiger partial charge in [-0.05, 0) is 37.1 Å². The average Bonchev–Trinajstić information content (AvgIpc) is 2.77. The number of amides is 1. The van der Waals surface area contributed by atoms with Gasteiger partial charge in [-0.3, -0.25) is 9.59 Å². The Morgan fingerprint density at radius 2 is 1.89 bits per heavy atom. The fourth-order valence-corrected chi connectivity index (χ4v) is 3.30. The van der Waals surface area contributed by atoms with Gasteiger partial charge in [0.15, 0.2) is 0 Å². The monoisotopic (exact) mass is 378 g/mol. The molecule has 0 radical (unpaired) electrons. The minimum Gasteiger partial charge on any atom is -0.489 e. The maximum Gasteiger partial charge on any atom is 0.308 e. The van der Waals surface area contributed by atoms with E-state index in [0.717, 1.165) is 5.56 Å². The molecule has 3 rings (SSSR count). The summed E-state index contributed by atoms with van der Waals surface area (Å²) in [6, 6.07) is 16.4. The number of likely N-dealkylation sites (tertiary alicyclic amines) is 1. The second kappa shape index (κ2) is 9.05. The molecular formula is C22H22N2O4. The first-order valence-corrected chi connectivity index (χ1v) is 9.20. The van der Waals surface area contributed by atoms with E-state index in [4.69, 9.17) is 14.7 Å². The zero-order valence-corrected chi connectivity index (χ0v) is 15.8. The quantitative estimate of drug-likeness (QED) is 0.747. The van der Waals surface area contributed by atoms with Crippen LogP contribution in [-0.4, -0.2) is 37.0 Å². The average molecular weight is 378 g/mol. The summed E-state index contributed by atoms with van der Waals surface area (Å²) in [6.07, 6.45) is 1.22. The molecule has 2 aromatic carbocycles. The van der Waals surface area contributed by atoms with Crippen molar-refractivity contribution < 1.29 is 19.1 Å². The van der Waals surface area contributed by atoms with Crippen molar-refractivity contribution in [3.8, 4) is 11.8 Å². The SMILES string of the molecule is COC(=O)C1CCN(C(=O)c2cccc(OCc3ccccc3C#N)c2)CC1. The summed E-state index contributed by atoms with van der Waals surface area (Å²) in [5.41, 5.74) is 1.91. The van der Waals surface area contributed by atoms with E-state index in [1.807, 2.05) is 18.2 Å². The van der Waals surface area contributed by atoms with Crippen LogP contribution >= 0.6 is 0 Å². The molecule has 6 heteroatoms. The second-order valence-corrected chi connectivity index (χ2v) is 6.68. The number of ether oxygens (including phenoxy) is 2. The maximum absolute atomic E-state index is 12.8. The molecule has 0 saturated carbocycles. The van der Waals surface area contributed by atoms with Crippen molar-refractivity contribution in [1.82, 2.24) is 4.90 Å². The van der Waals surface area contributed by atoms with Crippen LogP contribution in [0.25, 0.3) is 0 Å². The summed E-state index contributed by atoms with van der Waals surface area (Å²) in [6.45, 7) is 1.31. The standard InChI is InChI=1S/C22H22N2O4/c1-27-22(26)16-9-11-24(12-10-16)21(25)17-7-4-8-20(13-17)28-15-19-6-3-2-5-18(19)14-23/h2-8,13,16H,9-12,15H2,1H3. The summed E-state index contributed by atoms with van der Waals surface area (Å²) < 4.78 is 10.6. The van der Waals surface area contributed by atoms with Crippen LogP contribution in [0.15, 0.2) is 48.5 Å². The molecule has 0 spiro atoms. The molecule has 1 saturated heterocycles. The van der Waals surface area contributed by atoms with Crippen molar-refractivity contribution >= 4 is 11.9 Å². The topological polar surface area (TPSA) is 79.6 Å². The summed E-state index contributed by atoms with van der Waals surface area (Å²) >= 11 is 0. The number of esters is 1. The number of hydrogen-bond acceptors (Lipinski definition) is 5. The van der Waals surface area contributed by atoms with Crippen molar-refractivity contribution in [2.24, 2.45) is 5.92 Å². The molecule has 1 amide bonds. The Kier molecular flexibility index (Phi) is 6.28. The molecule has 0 aliphatic carbocycles. The molecule has 0 bridgehead atoms. The number of methoxy groups -OCH3 is 1. The Bertz CT molecular complexity index is 895. The van der Waals surface area contributed by atoms with E-state index in [1.54, 1.807) is 35.2 Å². The summed E-state index contributed by atoms with van der Waals surface area (Å²) in [4.78, 5) is 26.2. The van der Waals surface area contributed by atoms with Gasteiger partial charge in [0.05, 0.1) is 24.7 Å².